The second-order valence-corrected chi connectivity index (χ2v) is 33.0. The van der Waals surface area contributed by atoms with Gasteiger partial charge in [0.15, 0.2) is 31.3 Å². The lowest BCUT2D eigenvalue weighted by molar-refractivity contribution is -0.338. The zero-order valence-corrected chi connectivity index (χ0v) is 69.2. The number of nitrogens with zero attached hydrogens (tertiary/aromatic N) is 1. The first kappa shape index (κ1) is 98.4. The number of likely N-dealkylation sites (N-methyl/N-ethyl adjacent to an activating group) is 1. The molecule has 8 aliphatic rings. The summed E-state index contributed by atoms with van der Waals surface area (Å²) < 4.78 is 72.7. The van der Waals surface area contributed by atoms with Crippen LogP contribution in [0.25, 0.3) is 0 Å². The van der Waals surface area contributed by atoms with Gasteiger partial charge in [0, 0.05) is 92.8 Å². The lowest BCUT2D eigenvalue weighted by Gasteiger charge is -2.49. The van der Waals surface area contributed by atoms with Crippen LogP contribution in [-0.2, 0) is 95.2 Å². The summed E-state index contributed by atoms with van der Waals surface area (Å²) in [6, 6.07) is -2.50. The number of carbonyl (C=O) groups excluding carboxylic acids is 7. The number of ketones is 2. The average molecular weight is 1660 g/mol. The van der Waals surface area contributed by atoms with Crippen molar-refractivity contribution in [1.82, 2.24) is 26.2 Å². The lowest BCUT2D eigenvalue weighted by atomic mass is 9.74. The van der Waals surface area contributed by atoms with Crippen LogP contribution in [0.2, 0.25) is 0 Å². The molecule has 8 fully saturated rings. The highest BCUT2D eigenvalue weighted by Gasteiger charge is 2.56. The first-order valence-electron chi connectivity index (χ1n) is 42.0. The molecule has 0 aromatic carbocycles. The summed E-state index contributed by atoms with van der Waals surface area (Å²) in [5.41, 5.74) is 0. The van der Waals surface area contributed by atoms with Gasteiger partial charge in [-0.3, -0.25) is 33.6 Å². The van der Waals surface area contributed by atoms with E-state index in [0.717, 1.165) is 64.2 Å². The third-order valence-electron chi connectivity index (χ3n) is 24.2. The number of rotatable bonds is 40. The predicted molar refractivity (Wildman–Crippen MR) is 409 cm³/mol. The van der Waals surface area contributed by atoms with Crippen LogP contribution in [0.4, 0.5) is 0 Å². The lowest BCUT2D eigenvalue weighted by Crippen LogP contribution is -2.67. The van der Waals surface area contributed by atoms with E-state index in [1.807, 2.05) is 13.8 Å². The molecule has 8 rings (SSSR count). The van der Waals surface area contributed by atoms with Crippen molar-refractivity contribution in [2.75, 3.05) is 67.8 Å². The van der Waals surface area contributed by atoms with Crippen molar-refractivity contribution in [3.63, 3.8) is 0 Å². The number of amides is 5. The number of carboxylic acid groups (broad SMARTS) is 1. The van der Waals surface area contributed by atoms with Gasteiger partial charge in [0.1, 0.15) is 103 Å². The third kappa shape index (κ3) is 28.2. The van der Waals surface area contributed by atoms with Gasteiger partial charge in [-0.2, -0.15) is 0 Å². The normalized spacial score (nSPS) is 36.5. The molecular weight excluding hydrogens is 1530 g/mol. The summed E-state index contributed by atoms with van der Waals surface area (Å²) in [4.78, 5) is 105. The van der Waals surface area contributed by atoms with Crippen LogP contribution in [0.15, 0.2) is 0 Å². The minimum Gasteiger partial charge on any atom is -0.479 e. The highest BCUT2D eigenvalue weighted by Crippen LogP contribution is 2.44. The SMILES string of the molecule is CCC1CC(C(=O)CCCNC(=O)CCOC)C[C@@H](O[C@@H]2O[C@@H](CO)C(O)C(O[C@@H](CC3CCCCC3)C(=O)N(C)C)C2NC(C)=O)[C@@H]1OC1O[C@@H](C)[C@H](O)C(O)[C@@H]1O.CCC1CC(C(=O)CCCNC(=O)CCOC)C[C@@H](O[C@@H]2O[C@@H](CO)C(O)C(O[C@@H](CC3CCCCC3)C(=O)O)C2NC(C)=O)[C@@H]1OC1O[C@@H](C)[C@H](O)C(O)[C@@H]1O. The Morgan fingerprint density at radius 3 is 1.19 bits per heavy atom. The Kier molecular flexibility index (Phi) is 41.4. The standard InChI is InChI=1S/C41H71N3O15.C39H66N2O16/c1-7-25-19-26(27(47)14-11-16-42-31(48)15-17-54-6)20-28(37(25)59-41-36(52)35(51)33(49)22(2)55-41)57-40-32(43-23(3)46)38(34(50)30(21-45)58-40)56-29(39(53)44(4)5)18-24-12-9-8-10-13-24;1-5-23-17-24(25(44)12-9-14-40-29(45)13-15-52-4)18-26(35(23)57-39-34(49)33(48)31(46)20(2)53-39)55-38-30(41-21(3)43)36(32(47)28(19-42)56-38)54-27(37(50)51)16-22-10-7-6-8-11-22/h22,24-26,28-30,32-38,40-41,45,49-52H,7-21H2,1-6H3,(H,42,48)(H,43,46);20,22-24,26-28,30-36,38-39,42,46-49H,5-19H2,1-4H3,(H,40,45)(H,41,43)(H,50,51)/t22-,25?,26?,28+,29-,30-,32?,33-,34?,35?,36-,37+,38?,40+,41?;20-,23?,24?,26+,27-,28-,30?,31-,32?,33?,34-,35+,36?,38+,39?/m00/s1. The van der Waals surface area contributed by atoms with E-state index in [9.17, 15) is 94.5 Å². The molecule has 4 aliphatic carbocycles. The molecule has 0 spiro atoms. The van der Waals surface area contributed by atoms with Crippen LogP contribution in [0.3, 0.4) is 0 Å². The number of carbonyl (C=O) groups is 8. The number of nitrogens with one attached hydrogen (secondary N) is 4. The van der Waals surface area contributed by atoms with Crippen LogP contribution in [0, 0.1) is 35.5 Å². The Hall–Kier alpha value is -4.72. The van der Waals surface area contributed by atoms with Crippen molar-refractivity contribution in [3.8, 4) is 0 Å². The van der Waals surface area contributed by atoms with Crippen molar-refractivity contribution in [2.24, 2.45) is 35.5 Å². The Morgan fingerprint density at radius 2 is 0.845 bits per heavy atom. The van der Waals surface area contributed by atoms with Crippen molar-refractivity contribution in [1.29, 1.82) is 0 Å². The topological polar surface area (TPSA) is 521 Å². The third-order valence-corrected chi connectivity index (χ3v) is 24.2. The maximum atomic E-state index is 13.8. The number of hydrogen-bond acceptors (Lipinski definition) is 30. The molecule has 4 saturated carbocycles. The van der Waals surface area contributed by atoms with Gasteiger partial charge in [0.2, 0.25) is 23.6 Å². The molecule has 668 valence electrons. The van der Waals surface area contributed by atoms with Crippen LogP contribution < -0.4 is 21.3 Å². The van der Waals surface area contributed by atoms with Crippen LogP contribution in [0.5, 0.6) is 0 Å². The van der Waals surface area contributed by atoms with Crippen LogP contribution in [0.1, 0.15) is 196 Å². The molecule has 0 aromatic rings. The molecule has 0 radical (unpaired) electrons. The summed E-state index contributed by atoms with van der Waals surface area (Å²) in [6.07, 6.45) is -17.5. The van der Waals surface area contributed by atoms with Gasteiger partial charge in [0.25, 0.3) is 5.91 Å². The van der Waals surface area contributed by atoms with Crippen molar-refractivity contribution < 1.29 is 151 Å². The summed E-state index contributed by atoms with van der Waals surface area (Å²) in [7, 11) is 6.24. The maximum Gasteiger partial charge on any atom is 0.332 e. The molecule has 4 saturated heterocycles. The zero-order chi connectivity index (χ0) is 85.2. The van der Waals surface area contributed by atoms with E-state index in [-0.39, 0.29) is 118 Å². The van der Waals surface area contributed by atoms with E-state index in [1.165, 1.54) is 46.8 Å². The Balaban J connectivity index is 0.000000321. The van der Waals surface area contributed by atoms with Gasteiger partial charge in [-0.15, -0.1) is 0 Å². The monoisotopic (exact) mass is 1660 g/mol. The van der Waals surface area contributed by atoms with Crippen molar-refractivity contribution in [2.45, 2.75) is 355 Å². The number of ether oxygens (including phenoxy) is 12. The molecule has 4 aliphatic heterocycles. The maximum absolute atomic E-state index is 13.8. The minimum absolute atomic E-state index is 0.0632. The summed E-state index contributed by atoms with van der Waals surface area (Å²) in [5, 5.41) is 129. The molecule has 116 heavy (non-hydrogen) atoms. The Morgan fingerprint density at radius 1 is 0.466 bits per heavy atom. The van der Waals surface area contributed by atoms with E-state index in [4.69, 9.17) is 56.8 Å². The van der Waals surface area contributed by atoms with E-state index >= 15 is 0 Å². The fourth-order valence-corrected chi connectivity index (χ4v) is 17.5. The van der Waals surface area contributed by atoms with Gasteiger partial charge >= 0.3 is 5.97 Å². The molecule has 15 N–H and O–H groups in total. The number of aliphatic carboxylic acids is 1. The molecule has 36 heteroatoms. The highest BCUT2D eigenvalue weighted by molar-refractivity contribution is 5.82. The van der Waals surface area contributed by atoms with Gasteiger partial charge in [-0.05, 0) is 88.9 Å². The molecule has 4 heterocycles. The quantitative estimate of drug-likeness (QED) is 0.0354. The summed E-state index contributed by atoms with van der Waals surface area (Å²) >= 11 is 0. The van der Waals surface area contributed by atoms with Gasteiger partial charge in [-0.25, -0.2) is 4.79 Å². The second-order valence-electron chi connectivity index (χ2n) is 33.0. The van der Waals surface area contributed by atoms with Gasteiger partial charge < -0.3 is 139 Å². The molecule has 30 atom stereocenters. The number of carboxylic acids is 1. The first-order chi connectivity index (χ1) is 55.3. The van der Waals surface area contributed by atoms with Gasteiger partial charge in [-0.1, -0.05) is 90.9 Å². The molecule has 5 amide bonds. The largest absolute Gasteiger partial charge is 0.479 e. The van der Waals surface area contributed by atoms with Crippen molar-refractivity contribution >= 4 is 47.1 Å². The number of aliphatic hydroxyl groups excluding tert-OH is 10. The molecule has 0 bridgehead atoms. The summed E-state index contributed by atoms with van der Waals surface area (Å²) in [5.74, 6) is -4.72. The molecular formula is C80H137N5O31. The highest BCUT2D eigenvalue weighted by atomic mass is 16.7. The zero-order valence-electron chi connectivity index (χ0n) is 69.2. The summed E-state index contributed by atoms with van der Waals surface area (Å²) in [6.45, 7) is 9.13. The first-order valence-corrected chi connectivity index (χ1v) is 42.0. The smallest absolute Gasteiger partial charge is 0.332 e. The fraction of sp³-hybridized carbons (Fsp3) is 0.900. The fourth-order valence-electron chi connectivity index (χ4n) is 17.5. The Labute approximate surface area is 680 Å². The number of aliphatic hydroxyl groups is 10. The van der Waals surface area contributed by atoms with Crippen LogP contribution >= 0.6 is 0 Å². The average Bonchev–Trinajstić information content (AvgIpc) is 0.776. The minimum atomic E-state index is -1.64. The molecule has 36 nitrogen and oxygen atoms in total. The van der Waals surface area contributed by atoms with Crippen molar-refractivity contribution in [3.05, 3.63) is 0 Å². The van der Waals surface area contributed by atoms with E-state index in [1.54, 1.807) is 14.1 Å². The number of methoxy groups -OCH3 is 2. The van der Waals surface area contributed by atoms with E-state index in [2.05, 4.69) is 21.3 Å². The van der Waals surface area contributed by atoms with E-state index < -0.39 is 202 Å². The number of Topliss-reactive ketones (excluding diaryl/α,β-unsaturated/α-hetero) is 2. The second kappa shape index (κ2) is 48.8. The molecule has 14 unspecified atom stereocenters. The number of hydrogen-bond donors (Lipinski definition) is 15. The van der Waals surface area contributed by atoms with Gasteiger partial charge in [0.05, 0.1) is 63.1 Å². The Bertz CT molecular complexity index is 3010. The predicted octanol–water partition coefficient (Wildman–Crippen LogP) is -0.168. The van der Waals surface area contributed by atoms with Crippen LogP contribution in [-0.4, -0.2) is 335 Å². The molecule has 0 aromatic heterocycles. The van der Waals surface area contributed by atoms with E-state index in [0.29, 0.717) is 51.5 Å².